The highest BCUT2D eigenvalue weighted by molar-refractivity contribution is 5.80. The molecule has 5 heteroatoms. The van der Waals surface area contributed by atoms with Crippen LogP contribution in [-0.4, -0.2) is 20.6 Å². The summed E-state index contributed by atoms with van der Waals surface area (Å²) in [5.41, 5.74) is 11.4. The van der Waals surface area contributed by atoms with Crippen molar-refractivity contribution in [2.75, 3.05) is 4.90 Å². The maximum absolute atomic E-state index is 10.2. The van der Waals surface area contributed by atoms with Crippen molar-refractivity contribution in [2.45, 2.75) is 72.8 Å². The minimum atomic E-state index is -0.199. The van der Waals surface area contributed by atoms with Gasteiger partial charge in [0, 0.05) is 23.5 Å². The Kier molecular flexibility index (Phi) is 6.06. The molecule has 2 aromatic carbocycles. The summed E-state index contributed by atoms with van der Waals surface area (Å²) in [6.45, 7) is 10.7. The van der Waals surface area contributed by atoms with Crippen LogP contribution in [0.3, 0.4) is 0 Å². The molecule has 5 rings (SSSR count). The van der Waals surface area contributed by atoms with Gasteiger partial charge in [-0.2, -0.15) is 5.26 Å². The van der Waals surface area contributed by atoms with Crippen LogP contribution in [0.15, 0.2) is 42.5 Å². The number of nitrogens with zero attached hydrogens (tertiary/aromatic N) is 5. The summed E-state index contributed by atoms with van der Waals surface area (Å²) in [5, 5.41) is 10.2. The SMILES string of the molecule is CCCC(C#N)N1c2ccccc2CCc2c1ccc(-n1c(CC)nc3c(C)cc(C)nc31)c2C. The number of nitriles is 1. The zero-order chi connectivity index (χ0) is 24.7. The largest absolute Gasteiger partial charge is 0.324 e. The van der Waals surface area contributed by atoms with Gasteiger partial charge in [0.1, 0.15) is 17.4 Å². The summed E-state index contributed by atoms with van der Waals surface area (Å²) >= 11 is 0. The monoisotopic (exact) mass is 463 g/mol. The lowest BCUT2D eigenvalue weighted by Gasteiger charge is -2.32. The van der Waals surface area contributed by atoms with E-state index < -0.39 is 0 Å². The lowest BCUT2D eigenvalue weighted by atomic mass is 9.98. The molecule has 0 saturated carbocycles. The number of para-hydroxylation sites is 1. The topological polar surface area (TPSA) is 57.7 Å². The van der Waals surface area contributed by atoms with Gasteiger partial charge >= 0.3 is 0 Å². The molecule has 5 nitrogen and oxygen atoms in total. The molecule has 4 aromatic rings. The first kappa shape index (κ1) is 23.1. The predicted octanol–water partition coefficient (Wildman–Crippen LogP) is 6.84. The number of aryl methyl sites for hydroxylation is 4. The van der Waals surface area contributed by atoms with E-state index in [4.69, 9.17) is 9.97 Å². The van der Waals surface area contributed by atoms with Crippen LogP contribution in [0, 0.1) is 32.1 Å². The van der Waals surface area contributed by atoms with E-state index in [1.165, 1.54) is 16.7 Å². The number of benzene rings is 2. The maximum atomic E-state index is 10.2. The lowest BCUT2D eigenvalue weighted by molar-refractivity contribution is 0.692. The number of aromatic nitrogens is 3. The van der Waals surface area contributed by atoms with Gasteiger partial charge in [-0.3, -0.25) is 4.57 Å². The number of hydrogen-bond acceptors (Lipinski definition) is 4. The molecule has 1 aliphatic rings. The number of hydrogen-bond donors (Lipinski definition) is 0. The first-order valence-electron chi connectivity index (χ1n) is 12.7. The Morgan fingerprint density at radius 2 is 1.74 bits per heavy atom. The summed E-state index contributed by atoms with van der Waals surface area (Å²) in [7, 11) is 0. The summed E-state index contributed by atoms with van der Waals surface area (Å²) in [5.74, 6) is 1.03. The van der Waals surface area contributed by atoms with Crippen molar-refractivity contribution < 1.29 is 0 Å². The second-order valence-corrected chi connectivity index (χ2v) is 9.61. The van der Waals surface area contributed by atoms with Gasteiger partial charge in [0.25, 0.3) is 0 Å². The van der Waals surface area contributed by atoms with Gasteiger partial charge in [0.05, 0.1) is 11.8 Å². The van der Waals surface area contributed by atoms with Gasteiger partial charge in [-0.05, 0) is 86.6 Å². The molecule has 0 bridgehead atoms. The summed E-state index contributed by atoms with van der Waals surface area (Å²) in [4.78, 5) is 12.2. The van der Waals surface area contributed by atoms with Gasteiger partial charge in [-0.15, -0.1) is 0 Å². The standard InChI is InChI=1S/C30H33N5/c1-6-10-23(18-31)34-26-12-9-8-11-22(26)13-14-24-21(5)25(15-16-27(24)34)35-28(7-2)33-29-19(3)17-20(4)32-30(29)35/h8-9,11-12,15-17,23H,6-7,10,13-14H2,1-5H3. The van der Waals surface area contributed by atoms with Crippen molar-refractivity contribution >= 4 is 22.5 Å². The van der Waals surface area contributed by atoms with E-state index in [1.807, 2.05) is 6.92 Å². The molecule has 0 aliphatic carbocycles. The zero-order valence-electron chi connectivity index (χ0n) is 21.4. The molecular formula is C30H33N5. The molecule has 0 amide bonds. The summed E-state index contributed by atoms with van der Waals surface area (Å²) < 4.78 is 2.25. The van der Waals surface area contributed by atoms with Gasteiger partial charge < -0.3 is 4.90 Å². The first-order chi connectivity index (χ1) is 17.0. The third-order valence-electron chi connectivity index (χ3n) is 7.28. The molecule has 35 heavy (non-hydrogen) atoms. The van der Waals surface area contributed by atoms with Crippen LogP contribution in [0.25, 0.3) is 16.9 Å². The van der Waals surface area contributed by atoms with Crippen LogP contribution in [0.1, 0.15) is 60.5 Å². The maximum Gasteiger partial charge on any atom is 0.165 e. The first-order valence-corrected chi connectivity index (χ1v) is 12.7. The molecule has 0 N–H and O–H groups in total. The second kappa shape index (κ2) is 9.19. The number of pyridine rings is 1. The fraction of sp³-hybridized carbons (Fsp3) is 0.367. The smallest absolute Gasteiger partial charge is 0.165 e. The average molecular weight is 464 g/mol. The van der Waals surface area contributed by atoms with E-state index in [0.29, 0.717) is 0 Å². The fourth-order valence-electron chi connectivity index (χ4n) is 5.62. The van der Waals surface area contributed by atoms with Crippen LogP contribution in [-0.2, 0) is 19.3 Å². The Morgan fingerprint density at radius 1 is 0.971 bits per heavy atom. The quantitative estimate of drug-likeness (QED) is 0.325. The molecule has 2 aromatic heterocycles. The Balaban J connectivity index is 1.76. The summed E-state index contributed by atoms with van der Waals surface area (Å²) in [6, 6.07) is 17.5. The minimum Gasteiger partial charge on any atom is -0.324 e. The Morgan fingerprint density at radius 3 is 2.49 bits per heavy atom. The normalized spacial score (nSPS) is 13.8. The van der Waals surface area contributed by atoms with Crippen LogP contribution >= 0.6 is 0 Å². The van der Waals surface area contributed by atoms with Crippen LogP contribution in [0.2, 0.25) is 0 Å². The second-order valence-electron chi connectivity index (χ2n) is 9.61. The van der Waals surface area contributed by atoms with E-state index in [-0.39, 0.29) is 6.04 Å². The van der Waals surface area contributed by atoms with Gasteiger partial charge in [0.2, 0.25) is 0 Å². The Hall–Kier alpha value is -3.65. The molecule has 1 aliphatic heterocycles. The molecule has 1 unspecified atom stereocenters. The average Bonchev–Trinajstić information content (AvgIpc) is 3.13. The van der Waals surface area contributed by atoms with E-state index in [2.05, 4.69) is 85.7 Å². The molecule has 0 radical (unpaired) electrons. The highest BCUT2D eigenvalue weighted by atomic mass is 15.2. The van der Waals surface area contributed by atoms with Gasteiger partial charge in [-0.1, -0.05) is 38.5 Å². The summed E-state index contributed by atoms with van der Waals surface area (Å²) in [6.07, 6.45) is 4.52. The molecule has 3 heterocycles. The zero-order valence-corrected chi connectivity index (χ0v) is 21.4. The highest BCUT2D eigenvalue weighted by Gasteiger charge is 2.29. The Bertz CT molecular complexity index is 1460. The van der Waals surface area contributed by atoms with E-state index >= 15 is 0 Å². The molecule has 178 valence electrons. The number of rotatable bonds is 5. The van der Waals surface area contributed by atoms with Crippen LogP contribution in [0.4, 0.5) is 11.4 Å². The van der Waals surface area contributed by atoms with E-state index in [1.54, 1.807) is 0 Å². The number of anilines is 2. The predicted molar refractivity (Wildman–Crippen MR) is 143 cm³/mol. The van der Waals surface area contributed by atoms with Crippen LogP contribution in [0.5, 0.6) is 0 Å². The van der Waals surface area contributed by atoms with E-state index in [0.717, 1.165) is 77.4 Å². The Labute approximate surface area is 208 Å². The number of fused-ring (bicyclic) bond motifs is 3. The van der Waals surface area contributed by atoms with Gasteiger partial charge in [-0.25, -0.2) is 9.97 Å². The van der Waals surface area contributed by atoms with E-state index in [9.17, 15) is 5.26 Å². The van der Waals surface area contributed by atoms with Crippen molar-refractivity contribution in [3.05, 3.63) is 76.2 Å². The third-order valence-corrected chi connectivity index (χ3v) is 7.28. The molecular weight excluding hydrogens is 430 g/mol. The fourth-order valence-corrected chi connectivity index (χ4v) is 5.62. The lowest BCUT2D eigenvalue weighted by Crippen LogP contribution is -2.30. The number of imidazole rings is 1. The highest BCUT2D eigenvalue weighted by Crippen LogP contribution is 2.41. The minimum absolute atomic E-state index is 0.199. The molecule has 0 spiro atoms. The van der Waals surface area contributed by atoms with Gasteiger partial charge in [0.15, 0.2) is 5.65 Å². The van der Waals surface area contributed by atoms with Crippen molar-refractivity contribution in [2.24, 2.45) is 0 Å². The molecule has 0 fully saturated rings. The molecule has 1 atom stereocenters. The van der Waals surface area contributed by atoms with Crippen molar-refractivity contribution in [1.29, 1.82) is 5.26 Å². The van der Waals surface area contributed by atoms with Crippen molar-refractivity contribution in [3.8, 4) is 11.8 Å². The molecule has 0 saturated heterocycles. The third kappa shape index (κ3) is 3.78. The van der Waals surface area contributed by atoms with Crippen molar-refractivity contribution in [1.82, 2.24) is 14.5 Å². The van der Waals surface area contributed by atoms with Crippen LogP contribution < -0.4 is 4.90 Å². The van der Waals surface area contributed by atoms with Crippen molar-refractivity contribution in [3.63, 3.8) is 0 Å².